The summed E-state index contributed by atoms with van der Waals surface area (Å²) in [7, 11) is 0. The second-order valence-electron chi connectivity index (χ2n) is 4.26. The molecule has 3 heterocycles. The fourth-order valence-electron chi connectivity index (χ4n) is 2.11. The van der Waals surface area contributed by atoms with Crippen molar-refractivity contribution in [2.45, 2.75) is 19.1 Å². The molecule has 2 aromatic rings. The van der Waals surface area contributed by atoms with Crippen LogP contribution in [0.1, 0.15) is 17.0 Å². The first-order valence-corrected chi connectivity index (χ1v) is 5.76. The smallest absolute Gasteiger partial charge is 0.433 e. The van der Waals surface area contributed by atoms with Gasteiger partial charge >= 0.3 is 6.18 Å². The molecule has 2 aromatic heterocycles. The van der Waals surface area contributed by atoms with Gasteiger partial charge in [-0.15, -0.1) is 12.4 Å². The molecule has 0 saturated carbocycles. The number of hydrogen-bond donors (Lipinski definition) is 1. The van der Waals surface area contributed by atoms with Crippen molar-refractivity contribution in [3.63, 3.8) is 0 Å². The number of rotatable bonds is 1. The number of fused-ring (bicyclic) bond motifs is 1. The van der Waals surface area contributed by atoms with Gasteiger partial charge in [0.25, 0.3) is 0 Å². The molecule has 1 aliphatic rings. The number of nitrogens with zero attached hydrogens (tertiary/aromatic N) is 2. The third-order valence-electron chi connectivity index (χ3n) is 2.98. The molecule has 108 valence electrons. The molecule has 0 amide bonds. The van der Waals surface area contributed by atoms with Crippen molar-refractivity contribution in [3.8, 4) is 11.4 Å². The minimum Gasteiger partial charge on any atom is -0.472 e. The van der Waals surface area contributed by atoms with Crippen LogP contribution in [0.15, 0.2) is 23.0 Å². The summed E-state index contributed by atoms with van der Waals surface area (Å²) < 4.78 is 44.1. The molecular formula is C12H11ClF3N3O. The van der Waals surface area contributed by atoms with Crippen molar-refractivity contribution in [2.24, 2.45) is 0 Å². The number of hydrogen-bond acceptors (Lipinski definition) is 4. The highest BCUT2D eigenvalue weighted by molar-refractivity contribution is 5.85. The first-order valence-electron chi connectivity index (χ1n) is 5.76. The number of furan rings is 1. The maximum absolute atomic E-state index is 13.1. The summed E-state index contributed by atoms with van der Waals surface area (Å²) in [6.07, 6.45) is -1.47. The first kappa shape index (κ1) is 14.8. The van der Waals surface area contributed by atoms with Gasteiger partial charge in [-0.05, 0) is 19.0 Å². The molecule has 1 aliphatic heterocycles. The van der Waals surface area contributed by atoms with E-state index >= 15 is 0 Å². The van der Waals surface area contributed by atoms with Crippen LogP contribution < -0.4 is 5.32 Å². The maximum Gasteiger partial charge on any atom is 0.433 e. The van der Waals surface area contributed by atoms with Gasteiger partial charge < -0.3 is 9.73 Å². The van der Waals surface area contributed by atoms with Gasteiger partial charge in [0, 0.05) is 12.1 Å². The molecule has 0 bridgehead atoms. The van der Waals surface area contributed by atoms with E-state index in [0.29, 0.717) is 24.3 Å². The number of alkyl halides is 3. The summed E-state index contributed by atoms with van der Waals surface area (Å²) in [4.78, 5) is 7.87. The second kappa shape index (κ2) is 5.41. The molecule has 0 aliphatic carbocycles. The van der Waals surface area contributed by atoms with Crippen LogP contribution in [0.5, 0.6) is 0 Å². The van der Waals surface area contributed by atoms with Crippen LogP contribution in [0.3, 0.4) is 0 Å². The lowest BCUT2D eigenvalue weighted by Crippen LogP contribution is -2.28. The van der Waals surface area contributed by atoms with Crippen LogP contribution >= 0.6 is 12.4 Å². The molecule has 4 nitrogen and oxygen atoms in total. The minimum absolute atomic E-state index is 0. The summed E-state index contributed by atoms with van der Waals surface area (Å²) >= 11 is 0. The Bertz CT molecular complexity index is 599. The SMILES string of the molecule is Cl.FC(F)(F)c1nc(-c2ccoc2)nc2c1CCNC2. The molecule has 1 N–H and O–H groups in total. The summed E-state index contributed by atoms with van der Waals surface area (Å²) in [5.74, 6) is 0.0449. The maximum atomic E-state index is 13.1. The molecule has 0 atom stereocenters. The van der Waals surface area contributed by atoms with Gasteiger partial charge in [0.1, 0.15) is 6.26 Å². The predicted molar refractivity (Wildman–Crippen MR) is 67.4 cm³/mol. The zero-order valence-corrected chi connectivity index (χ0v) is 11.0. The molecular weight excluding hydrogens is 295 g/mol. The predicted octanol–water partition coefficient (Wildman–Crippen LogP) is 2.82. The normalized spacial score (nSPS) is 14.6. The van der Waals surface area contributed by atoms with E-state index in [2.05, 4.69) is 15.3 Å². The highest BCUT2D eigenvalue weighted by Gasteiger charge is 2.38. The molecule has 0 spiro atoms. The Balaban J connectivity index is 0.00000147. The van der Waals surface area contributed by atoms with Gasteiger partial charge in [0.2, 0.25) is 0 Å². The van der Waals surface area contributed by atoms with Crippen LogP contribution in [0.4, 0.5) is 13.2 Å². The van der Waals surface area contributed by atoms with Crippen molar-refractivity contribution < 1.29 is 17.6 Å². The van der Waals surface area contributed by atoms with Crippen LogP contribution in [-0.2, 0) is 19.1 Å². The molecule has 20 heavy (non-hydrogen) atoms. The number of nitrogens with one attached hydrogen (secondary N) is 1. The van der Waals surface area contributed by atoms with Gasteiger partial charge in [0.15, 0.2) is 11.5 Å². The highest BCUT2D eigenvalue weighted by atomic mass is 35.5. The van der Waals surface area contributed by atoms with Crippen molar-refractivity contribution in [3.05, 3.63) is 35.5 Å². The average Bonchev–Trinajstić information content (AvgIpc) is 2.90. The lowest BCUT2D eigenvalue weighted by molar-refractivity contribution is -0.142. The van der Waals surface area contributed by atoms with Crippen molar-refractivity contribution in [2.75, 3.05) is 6.54 Å². The average molecular weight is 306 g/mol. The molecule has 0 radical (unpaired) electrons. The van der Waals surface area contributed by atoms with E-state index in [1.807, 2.05) is 0 Å². The third-order valence-corrected chi connectivity index (χ3v) is 2.98. The van der Waals surface area contributed by atoms with Crippen molar-refractivity contribution in [1.29, 1.82) is 0 Å². The van der Waals surface area contributed by atoms with E-state index in [9.17, 15) is 13.2 Å². The summed E-state index contributed by atoms with van der Waals surface area (Å²) in [5.41, 5.74) is 0.206. The standard InChI is InChI=1S/C12H10F3N3O.ClH/c13-12(14,15)10-8-1-3-16-5-9(8)17-11(18-10)7-2-4-19-6-7;/h2,4,6,16H,1,3,5H2;1H. The van der Waals surface area contributed by atoms with Gasteiger partial charge in [0.05, 0.1) is 17.5 Å². The van der Waals surface area contributed by atoms with Crippen LogP contribution in [0.25, 0.3) is 11.4 Å². The zero-order valence-electron chi connectivity index (χ0n) is 10.2. The molecule has 0 unspecified atom stereocenters. The van der Waals surface area contributed by atoms with E-state index < -0.39 is 11.9 Å². The van der Waals surface area contributed by atoms with Crippen LogP contribution in [0, 0.1) is 0 Å². The van der Waals surface area contributed by atoms with Crippen molar-refractivity contribution in [1.82, 2.24) is 15.3 Å². The van der Waals surface area contributed by atoms with Crippen LogP contribution in [0.2, 0.25) is 0 Å². The fourth-order valence-corrected chi connectivity index (χ4v) is 2.11. The Morgan fingerprint density at radius 1 is 1.25 bits per heavy atom. The summed E-state index contributed by atoms with van der Waals surface area (Å²) in [5, 5.41) is 3.01. The Morgan fingerprint density at radius 3 is 2.70 bits per heavy atom. The van der Waals surface area contributed by atoms with Gasteiger partial charge in [-0.2, -0.15) is 13.2 Å². The molecule has 8 heteroatoms. The Hall–Kier alpha value is -1.60. The Morgan fingerprint density at radius 2 is 2.05 bits per heavy atom. The Kier molecular flexibility index (Phi) is 4.01. The lowest BCUT2D eigenvalue weighted by atomic mass is 10.0. The van der Waals surface area contributed by atoms with Crippen molar-refractivity contribution >= 4 is 12.4 Å². The minimum atomic E-state index is -4.47. The van der Waals surface area contributed by atoms with E-state index in [1.165, 1.54) is 18.6 Å². The molecule has 0 saturated heterocycles. The van der Waals surface area contributed by atoms with Crippen LogP contribution in [-0.4, -0.2) is 16.5 Å². The zero-order chi connectivity index (χ0) is 13.5. The first-order chi connectivity index (χ1) is 9.05. The fraction of sp³-hybridized carbons (Fsp3) is 0.333. The summed E-state index contributed by atoms with van der Waals surface area (Å²) in [6.45, 7) is 0.830. The lowest BCUT2D eigenvalue weighted by Gasteiger charge is -2.20. The molecule has 3 rings (SSSR count). The number of aromatic nitrogens is 2. The third kappa shape index (κ3) is 2.64. The second-order valence-corrected chi connectivity index (χ2v) is 4.26. The molecule has 0 fully saturated rings. The molecule has 0 aromatic carbocycles. The largest absolute Gasteiger partial charge is 0.472 e. The van der Waals surface area contributed by atoms with Gasteiger partial charge in [-0.1, -0.05) is 0 Å². The summed E-state index contributed by atoms with van der Waals surface area (Å²) in [6, 6.07) is 1.54. The van der Waals surface area contributed by atoms with Gasteiger partial charge in [-0.25, -0.2) is 9.97 Å². The Labute approximate surface area is 118 Å². The van der Waals surface area contributed by atoms with E-state index in [1.54, 1.807) is 0 Å². The van der Waals surface area contributed by atoms with E-state index in [4.69, 9.17) is 4.42 Å². The monoisotopic (exact) mass is 305 g/mol. The highest BCUT2D eigenvalue weighted by Crippen LogP contribution is 2.34. The number of halogens is 4. The van der Waals surface area contributed by atoms with E-state index in [0.717, 1.165) is 0 Å². The quantitative estimate of drug-likeness (QED) is 0.880. The van der Waals surface area contributed by atoms with Gasteiger partial charge in [-0.3, -0.25) is 0 Å². The van der Waals surface area contributed by atoms with E-state index in [-0.39, 0.29) is 30.2 Å². The topological polar surface area (TPSA) is 51.0 Å².